The first-order valence-electron chi connectivity index (χ1n) is 9.45. The van der Waals surface area contributed by atoms with Crippen LogP contribution in [0.5, 0.6) is 11.5 Å². The Morgan fingerprint density at radius 2 is 1.58 bits per heavy atom. The molecular weight excluding hydrogens is 352 g/mol. The molecule has 0 atom stereocenters. The van der Waals surface area contributed by atoms with Gasteiger partial charge < -0.3 is 14.4 Å². The lowest BCUT2D eigenvalue weighted by Crippen LogP contribution is -2.37. The highest BCUT2D eigenvalue weighted by Gasteiger charge is 2.21. The largest absolute Gasteiger partial charge is 0.493 e. The van der Waals surface area contributed by atoms with Crippen molar-refractivity contribution in [1.82, 2.24) is 9.80 Å². The minimum atomic E-state index is 0. The van der Waals surface area contributed by atoms with E-state index in [2.05, 4.69) is 21.9 Å². The lowest BCUT2D eigenvalue weighted by molar-refractivity contribution is -0.131. The zero-order valence-corrected chi connectivity index (χ0v) is 16.8. The molecule has 2 aliphatic rings. The van der Waals surface area contributed by atoms with Gasteiger partial charge in [-0.3, -0.25) is 9.69 Å². The molecule has 146 valence electrons. The van der Waals surface area contributed by atoms with Crippen molar-refractivity contribution >= 4 is 18.3 Å². The zero-order chi connectivity index (χ0) is 17.6. The molecule has 0 unspecified atom stereocenters. The normalized spacial score (nSPS) is 17.7. The smallest absolute Gasteiger partial charge is 0.223 e. The van der Waals surface area contributed by atoms with E-state index < -0.39 is 0 Å². The van der Waals surface area contributed by atoms with Crippen LogP contribution in [0.3, 0.4) is 0 Å². The van der Waals surface area contributed by atoms with Gasteiger partial charge in [0, 0.05) is 39.1 Å². The molecule has 0 radical (unpaired) electrons. The number of nitrogens with zero attached hydrogens (tertiary/aromatic N) is 2. The summed E-state index contributed by atoms with van der Waals surface area (Å²) >= 11 is 0. The van der Waals surface area contributed by atoms with Gasteiger partial charge in [0.2, 0.25) is 5.91 Å². The highest BCUT2D eigenvalue weighted by molar-refractivity contribution is 5.85. The summed E-state index contributed by atoms with van der Waals surface area (Å²) < 4.78 is 10.8. The molecular formula is C20H31ClN2O3. The number of halogens is 1. The van der Waals surface area contributed by atoms with Gasteiger partial charge in [-0.2, -0.15) is 0 Å². The molecule has 1 amide bonds. The maximum Gasteiger partial charge on any atom is 0.223 e. The minimum absolute atomic E-state index is 0. The number of hydrogen-bond acceptors (Lipinski definition) is 4. The fourth-order valence-electron chi connectivity index (χ4n) is 3.86. The van der Waals surface area contributed by atoms with Gasteiger partial charge in [-0.05, 0) is 42.5 Å². The number of benzene rings is 1. The van der Waals surface area contributed by atoms with Crippen molar-refractivity contribution in [1.29, 1.82) is 0 Å². The first-order valence-corrected chi connectivity index (χ1v) is 9.45. The van der Waals surface area contributed by atoms with E-state index in [0.29, 0.717) is 12.3 Å². The van der Waals surface area contributed by atoms with E-state index in [1.54, 1.807) is 14.2 Å². The molecule has 0 N–H and O–H groups in total. The highest BCUT2D eigenvalue weighted by Crippen LogP contribution is 2.33. The van der Waals surface area contributed by atoms with Crippen molar-refractivity contribution in [2.75, 3.05) is 40.4 Å². The summed E-state index contributed by atoms with van der Waals surface area (Å²) in [6.45, 7) is 4.60. The fourth-order valence-corrected chi connectivity index (χ4v) is 3.86. The molecule has 6 heteroatoms. The maximum atomic E-state index is 12.5. The lowest BCUT2D eigenvalue weighted by Gasteiger charge is -2.30. The van der Waals surface area contributed by atoms with Gasteiger partial charge in [-0.15, -0.1) is 12.4 Å². The average Bonchev–Trinajstić information content (AvgIpc) is 2.94. The summed E-state index contributed by atoms with van der Waals surface area (Å²) in [5, 5.41) is 0. The molecule has 1 aromatic carbocycles. The standard InChI is InChI=1S/C20H30N2O3.ClH/c1-24-18-13-16-7-11-21(15-17(16)14-19(18)25-2)12-8-20(23)22-9-5-3-4-6-10-22;/h13-14H,3-12,15H2,1-2H3;1H. The number of amides is 1. The predicted octanol–water partition coefficient (Wildman–Crippen LogP) is 3.28. The van der Waals surface area contributed by atoms with Gasteiger partial charge in [0.05, 0.1) is 14.2 Å². The minimum Gasteiger partial charge on any atom is -0.493 e. The Morgan fingerprint density at radius 1 is 0.962 bits per heavy atom. The van der Waals surface area contributed by atoms with Gasteiger partial charge in [-0.1, -0.05) is 12.8 Å². The van der Waals surface area contributed by atoms with E-state index in [9.17, 15) is 4.79 Å². The van der Waals surface area contributed by atoms with E-state index in [-0.39, 0.29) is 12.4 Å². The molecule has 26 heavy (non-hydrogen) atoms. The van der Waals surface area contributed by atoms with Crippen molar-refractivity contribution < 1.29 is 14.3 Å². The van der Waals surface area contributed by atoms with Crippen LogP contribution in [0.15, 0.2) is 12.1 Å². The van der Waals surface area contributed by atoms with Crippen LogP contribution >= 0.6 is 12.4 Å². The van der Waals surface area contributed by atoms with Gasteiger partial charge in [-0.25, -0.2) is 0 Å². The number of hydrogen-bond donors (Lipinski definition) is 0. The van der Waals surface area contributed by atoms with E-state index in [0.717, 1.165) is 63.5 Å². The fraction of sp³-hybridized carbons (Fsp3) is 0.650. The number of carbonyl (C=O) groups is 1. The van der Waals surface area contributed by atoms with Crippen LogP contribution in [0, 0.1) is 0 Å². The highest BCUT2D eigenvalue weighted by atomic mass is 35.5. The Bertz CT molecular complexity index is 601. The third-order valence-electron chi connectivity index (χ3n) is 5.40. The molecule has 0 bridgehead atoms. The van der Waals surface area contributed by atoms with Crippen LogP contribution in [0.4, 0.5) is 0 Å². The SMILES string of the molecule is COc1cc2c(cc1OC)CN(CCC(=O)N1CCCCCC1)CC2.Cl. The van der Waals surface area contributed by atoms with Gasteiger partial charge in [0.1, 0.15) is 0 Å². The summed E-state index contributed by atoms with van der Waals surface area (Å²) in [6, 6.07) is 4.17. The number of fused-ring (bicyclic) bond motifs is 1. The molecule has 5 nitrogen and oxygen atoms in total. The average molecular weight is 383 g/mol. The number of likely N-dealkylation sites (tertiary alicyclic amines) is 1. The van der Waals surface area contributed by atoms with Crippen LogP contribution in [0.1, 0.15) is 43.2 Å². The van der Waals surface area contributed by atoms with E-state index in [1.807, 2.05) is 0 Å². The van der Waals surface area contributed by atoms with Crippen LogP contribution < -0.4 is 9.47 Å². The zero-order valence-electron chi connectivity index (χ0n) is 16.0. The topological polar surface area (TPSA) is 42.0 Å². The molecule has 0 spiro atoms. The number of methoxy groups -OCH3 is 2. The molecule has 0 aromatic heterocycles. The first kappa shape index (κ1) is 20.8. The Labute approximate surface area is 163 Å². The molecule has 1 aromatic rings. The predicted molar refractivity (Wildman–Crippen MR) is 105 cm³/mol. The molecule has 1 fully saturated rings. The maximum absolute atomic E-state index is 12.5. The summed E-state index contributed by atoms with van der Waals surface area (Å²) in [6.07, 6.45) is 6.46. The van der Waals surface area contributed by atoms with Crippen molar-refractivity contribution in [3.05, 3.63) is 23.3 Å². The van der Waals surface area contributed by atoms with Gasteiger partial charge in [0.25, 0.3) is 0 Å². The molecule has 0 saturated carbocycles. The molecule has 2 aliphatic heterocycles. The van der Waals surface area contributed by atoms with Crippen LogP contribution in [0.2, 0.25) is 0 Å². The van der Waals surface area contributed by atoms with Crippen molar-refractivity contribution in [3.8, 4) is 11.5 Å². The molecule has 1 saturated heterocycles. The van der Waals surface area contributed by atoms with E-state index in [1.165, 1.54) is 24.0 Å². The number of ether oxygens (including phenoxy) is 2. The quantitative estimate of drug-likeness (QED) is 0.783. The second kappa shape index (κ2) is 10.0. The van der Waals surface area contributed by atoms with Gasteiger partial charge >= 0.3 is 0 Å². The van der Waals surface area contributed by atoms with E-state index >= 15 is 0 Å². The third-order valence-corrected chi connectivity index (χ3v) is 5.40. The monoisotopic (exact) mass is 382 g/mol. The Balaban J connectivity index is 0.00000243. The van der Waals surface area contributed by atoms with Crippen molar-refractivity contribution in [3.63, 3.8) is 0 Å². The Kier molecular flexibility index (Phi) is 8.04. The second-order valence-corrected chi connectivity index (χ2v) is 7.05. The van der Waals surface area contributed by atoms with Crippen LogP contribution in [-0.4, -0.2) is 56.1 Å². The lowest BCUT2D eigenvalue weighted by atomic mass is 9.98. The van der Waals surface area contributed by atoms with Crippen molar-refractivity contribution in [2.45, 2.75) is 45.1 Å². The summed E-state index contributed by atoms with van der Waals surface area (Å²) in [5.74, 6) is 1.90. The Morgan fingerprint density at radius 3 is 2.19 bits per heavy atom. The number of rotatable bonds is 5. The molecule has 3 rings (SSSR count). The molecule has 2 heterocycles. The van der Waals surface area contributed by atoms with E-state index in [4.69, 9.17) is 9.47 Å². The summed E-state index contributed by atoms with van der Waals surface area (Å²) in [4.78, 5) is 16.9. The van der Waals surface area contributed by atoms with Crippen molar-refractivity contribution in [2.24, 2.45) is 0 Å². The summed E-state index contributed by atoms with van der Waals surface area (Å²) in [5.41, 5.74) is 2.61. The Hall–Kier alpha value is -1.46. The second-order valence-electron chi connectivity index (χ2n) is 7.05. The van der Waals surface area contributed by atoms with Crippen LogP contribution in [-0.2, 0) is 17.8 Å². The van der Waals surface area contributed by atoms with Gasteiger partial charge in [0.15, 0.2) is 11.5 Å². The first-order chi connectivity index (χ1) is 12.2. The third kappa shape index (κ3) is 5.04. The summed E-state index contributed by atoms with van der Waals surface area (Å²) in [7, 11) is 3.35. The van der Waals surface area contributed by atoms with Crippen LogP contribution in [0.25, 0.3) is 0 Å². The number of carbonyl (C=O) groups excluding carboxylic acids is 1. The molecule has 0 aliphatic carbocycles.